The van der Waals surface area contributed by atoms with Crippen molar-refractivity contribution in [2.24, 2.45) is 0 Å². The monoisotopic (exact) mass is 430 g/mol. The molecule has 1 aromatic heterocycles. The van der Waals surface area contributed by atoms with Gasteiger partial charge in [-0.15, -0.1) is 0 Å². The number of benzene rings is 3. The fraction of sp³-hybridized carbons (Fsp3) is 0.120. The number of carbonyl (C=O) groups excluding carboxylic acids is 1. The number of phenols is 1. The summed E-state index contributed by atoms with van der Waals surface area (Å²) in [5, 5.41) is 21.0. The Morgan fingerprint density at radius 2 is 1.69 bits per heavy atom. The lowest BCUT2D eigenvalue weighted by molar-refractivity contribution is 0.0984. The van der Waals surface area contributed by atoms with Crippen molar-refractivity contribution in [2.75, 3.05) is 18.6 Å². The largest absolute Gasteiger partial charge is 0.508 e. The molecule has 0 aliphatic heterocycles. The Labute approximate surface area is 184 Å². The van der Waals surface area contributed by atoms with Crippen molar-refractivity contribution in [1.82, 2.24) is 4.57 Å². The minimum atomic E-state index is -0.673. The van der Waals surface area contributed by atoms with Crippen molar-refractivity contribution in [3.05, 3.63) is 88.7 Å². The molecule has 0 radical (unpaired) electrons. The van der Waals surface area contributed by atoms with E-state index in [1.807, 2.05) is 6.07 Å². The number of fused-ring (bicyclic) bond motifs is 1. The van der Waals surface area contributed by atoms with Crippen LogP contribution in [-0.4, -0.2) is 34.3 Å². The number of phenolic OH excluding ortho intramolecular Hbond substituents is 1. The molecule has 1 heterocycles. The van der Waals surface area contributed by atoms with E-state index in [2.05, 4.69) is 0 Å². The first kappa shape index (κ1) is 21.0. The standard InChI is InChI=1S/C25H22N2O5/c1-3-26(16-7-5-4-6-8-16)24(30)22-23(29)20-14-13-19(32-2)15-21(20)27(25(22)31)17-9-11-18(28)12-10-17/h4-15,28-29H,3H2,1-2H3. The highest BCUT2D eigenvalue weighted by Gasteiger charge is 2.27. The second-order valence-corrected chi connectivity index (χ2v) is 7.15. The third-order valence-electron chi connectivity index (χ3n) is 5.31. The summed E-state index contributed by atoms with van der Waals surface area (Å²) in [7, 11) is 1.50. The van der Waals surface area contributed by atoms with Crippen LogP contribution in [0.25, 0.3) is 16.6 Å². The molecule has 0 aliphatic carbocycles. The molecule has 0 bridgehead atoms. The predicted molar refractivity (Wildman–Crippen MR) is 123 cm³/mol. The van der Waals surface area contributed by atoms with E-state index < -0.39 is 11.5 Å². The first-order chi connectivity index (χ1) is 15.5. The van der Waals surface area contributed by atoms with Crippen molar-refractivity contribution in [2.45, 2.75) is 6.92 Å². The number of nitrogens with zero attached hydrogens (tertiary/aromatic N) is 2. The zero-order chi connectivity index (χ0) is 22.8. The Balaban J connectivity index is 2.03. The van der Waals surface area contributed by atoms with Crippen LogP contribution < -0.4 is 15.2 Å². The van der Waals surface area contributed by atoms with Gasteiger partial charge in [0.25, 0.3) is 11.5 Å². The quantitative estimate of drug-likeness (QED) is 0.498. The molecule has 162 valence electrons. The molecule has 0 atom stereocenters. The summed E-state index contributed by atoms with van der Waals surface area (Å²) in [5.41, 5.74) is 0.416. The molecule has 0 spiro atoms. The van der Waals surface area contributed by atoms with E-state index in [4.69, 9.17) is 4.74 Å². The van der Waals surface area contributed by atoms with Gasteiger partial charge in [-0.2, -0.15) is 0 Å². The van der Waals surface area contributed by atoms with Crippen molar-refractivity contribution in [3.63, 3.8) is 0 Å². The lowest BCUT2D eigenvalue weighted by Gasteiger charge is -2.22. The molecule has 7 heteroatoms. The SMILES string of the molecule is CCN(C(=O)c1c(O)c2ccc(OC)cc2n(-c2ccc(O)cc2)c1=O)c1ccccc1. The first-order valence-corrected chi connectivity index (χ1v) is 10.1. The summed E-state index contributed by atoms with van der Waals surface area (Å²) >= 11 is 0. The van der Waals surface area contributed by atoms with Gasteiger partial charge in [0.1, 0.15) is 22.8 Å². The van der Waals surface area contributed by atoms with Gasteiger partial charge >= 0.3 is 0 Å². The van der Waals surface area contributed by atoms with Crippen molar-refractivity contribution in [3.8, 4) is 22.9 Å². The fourth-order valence-corrected chi connectivity index (χ4v) is 3.72. The maximum atomic E-state index is 13.6. The molecule has 1 amide bonds. The zero-order valence-electron chi connectivity index (χ0n) is 17.6. The highest BCUT2D eigenvalue weighted by molar-refractivity contribution is 6.10. The van der Waals surface area contributed by atoms with E-state index in [1.54, 1.807) is 61.5 Å². The van der Waals surface area contributed by atoms with Crippen LogP contribution in [0.2, 0.25) is 0 Å². The predicted octanol–water partition coefficient (Wildman–Crippen LogP) is 4.08. The van der Waals surface area contributed by atoms with Gasteiger partial charge in [0.2, 0.25) is 0 Å². The molecule has 0 saturated carbocycles. The molecule has 4 aromatic rings. The highest BCUT2D eigenvalue weighted by Crippen LogP contribution is 2.32. The number of amides is 1. The van der Waals surface area contributed by atoms with E-state index in [0.717, 1.165) is 0 Å². The molecule has 0 saturated heterocycles. The van der Waals surface area contributed by atoms with Gasteiger partial charge in [0, 0.05) is 29.4 Å². The average Bonchev–Trinajstić information content (AvgIpc) is 2.81. The Bertz CT molecular complexity index is 1350. The molecule has 2 N–H and O–H groups in total. The number of ether oxygens (including phenoxy) is 1. The van der Waals surface area contributed by atoms with Gasteiger partial charge in [0.15, 0.2) is 0 Å². The van der Waals surface area contributed by atoms with Crippen LogP contribution in [0, 0.1) is 0 Å². The summed E-state index contributed by atoms with van der Waals surface area (Å²) < 4.78 is 6.63. The number of methoxy groups -OCH3 is 1. The molecule has 32 heavy (non-hydrogen) atoms. The number of aromatic nitrogens is 1. The van der Waals surface area contributed by atoms with Crippen LogP contribution in [0.15, 0.2) is 77.6 Å². The van der Waals surface area contributed by atoms with E-state index in [1.165, 1.54) is 28.7 Å². The van der Waals surface area contributed by atoms with Crippen LogP contribution in [0.1, 0.15) is 17.3 Å². The van der Waals surface area contributed by atoms with E-state index in [-0.39, 0.29) is 17.1 Å². The van der Waals surface area contributed by atoms with Crippen LogP contribution in [0.3, 0.4) is 0 Å². The molecule has 3 aromatic carbocycles. The Morgan fingerprint density at radius 3 is 2.31 bits per heavy atom. The summed E-state index contributed by atoms with van der Waals surface area (Å²) in [6.45, 7) is 2.11. The lowest BCUT2D eigenvalue weighted by atomic mass is 10.1. The van der Waals surface area contributed by atoms with Gasteiger partial charge in [-0.1, -0.05) is 18.2 Å². The maximum Gasteiger partial charge on any atom is 0.272 e. The van der Waals surface area contributed by atoms with Crippen molar-refractivity contribution >= 4 is 22.5 Å². The lowest BCUT2D eigenvalue weighted by Crippen LogP contribution is -2.36. The smallest absolute Gasteiger partial charge is 0.272 e. The van der Waals surface area contributed by atoms with Gasteiger partial charge in [0.05, 0.1) is 12.6 Å². The molecule has 7 nitrogen and oxygen atoms in total. The van der Waals surface area contributed by atoms with Crippen LogP contribution in [0.5, 0.6) is 17.2 Å². The van der Waals surface area contributed by atoms with Gasteiger partial charge in [-0.05, 0) is 55.5 Å². The molecule has 0 aliphatic rings. The Kier molecular flexibility index (Phi) is 5.55. The molecular formula is C25H22N2O5. The fourth-order valence-electron chi connectivity index (χ4n) is 3.72. The van der Waals surface area contributed by atoms with Crippen molar-refractivity contribution in [1.29, 1.82) is 0 Å². The van der Waals surface area contributed by atoms with E-state index in [0.29, 0.717) is 34.6 Å². The summed E-state index contributed by atoms with van der Waals surface area (Å²) in [6, 6.07) is 19.9. The number of anilines is 1. The van der Waals surface area contributed by atoms with Crippen LogP contribution >= 0.6 is 0 Å². The van der Waals surface area contributed by atoms with E-state index in [9.17, 15) is 19.8 Å². The number of para-hydroxylation sites is 1. The topological polar surface area (TPSA) is 92.0 Å². The Morgan fingerprint density at radius 1 is 1.00 bits per heavy atom. The zero-order valence-corrected chi connectivity index (χ0v) is 17.6. The van der Waals surface area contributed by atoms with Crippen LogP contribution in [-0.2, 0) is 0 Å². The second-order valence-electron chi connectivity index (χ2n) is 7.15. The third kappa shape index (κ3) is 3.54. The Hall–Kier alpha value is -4.26. The number of hydrogen-bond donors (Lipinski definition) is 2. The number of pyridine rings is 1. The van der Waals surface area contributed by atoms with Crippen molar-refractivity contribution < 1.29 is 19.7 Å². The summed E-state index contributed by atoms with van der Waals surface area (Å²) in [6.07, 6.45) is 0. The molecule has 0 fully saturated rings. The number of rotatable bonds is 5. The summed E-state index contributed by atoms with van der Waals surface area (Å²) in [5.74, 6) is -0.462. The maximum absolute atomic E-state index is 13.6. The summed E-state index contributed by atoms with van der Waals surface area (Å²) in [4.78, 5) is 28.6. The molecule has 4 rings (SSSR count). The second kappa shape index (κ2) is 8.47. The van der Waals surface area contributed by atoms with E-state index >= 15 is 0 Å². The normalized spacial score (nSPS) is 10.8. The molecule has 0 unspecified atom stereocenters. The first-order valence-electron chi connectivity index (χ1n) is 10.1. The number of carbonyl (C=O) groups is 1. The third-order valence-corrected chi connectivity index (χ3v) is 5.31. The minimum absolute atomic E-state index is 0.0417. The molecular weight excluding hydrogens is 408 g/mol. The van der Waals surface area contributed by atoms with Gasteiger partial charge in [-0.3, -0.25) is 14.2 Å². The number of aromatic hydroxyl groups is 2. The average molecular weight is 430 g/mol. The van der Waals surface area contributed by atoms with Gasteiger partial charge in [-0.25, -0.2) is 0 Å². The van der Waals surface area contributed by atoms with Gasteiger partial charge < -0.3 is 19.8 Å². The highest BCUT2D eigenvalue weighted by atomic mass is 16.5. The van der Waals surface area contributed by atoms with Crippen LogP contribution in [0.4, 0.5) is 5.69 Å². The minimum Gasteiger partial charge on any atom is -0.508 e. The number of hydrogen-bond acceptors (Lipinski definition) is 5.